The highest BCUT2D eigenvalue weighted by Gasteiger charge is 2.21. The summed E-state index contributed by atoms with van der Waals surface area (Å²) in [6, 6.07) is 10.5. The molecule has 1 aliphatic carbocycles. The van der Waals surface area contributed by atoms with E-state index in [-0.39, 0.29) is 18.2 Å². The summed E-state index contributed by atoms with van der Waals surface area (Å²) in [6.45, 7) is 1.60. The zero-order valence-electron chi connectivity index (χ0n) is 16.2. The first-order valence-corrected chi connectivity index (χ1v) is 9.99. The number of carbonyl (C=O) groups is 2. The predicted molar refractivity (Wildman–Crippen MR) is 110 cm³/mol. The SMILES string of the molecule is O=C(NCc1ccnc(OC2CCCC2)c1)Nc1cccc(N2CCNC2=O)c1. The molecule has 0 spiro atoms. The molecular formula is C21H25N5O3. The molecule has 2 fully saturated rings. The lowest BCUT2D eigenvalue weighted by molar-refractivity contribution is 0.201. The lowest BCUT2D eigenvalue weighted by atomic mass is 10.2. The largest absolute Gasteiger partial charge is 0.474 e. The molecule has 8 heteroatoms. The van der Waals surface area contributed by atoms with Crippen molar-refractivity contribution in [2.75, 3.05) is 23.3 Å². The van der Waals surface area contributed by atoms with E-state index in [1.165, 1.54) is 12.8 Å². The van der Waals surface area contributed by atoms with Gasteiger partial charge in [0.1, 0.15) is 6.10 Å². The maximum Gasteiger partial charge on any atom is 0.321 e. The molecule has 0 radical (unpaired) electrons. The topological polar surface area (TPSA) is 95.6 Å². The van der Waals surface area contributed by atoms with Crippen molar-refractivity contribution in [1.82, 2.24) is 15.6 Å². The number of aromatic nitrogens is 1. The van der Waals surface area contributed by atoms with Crippen LogP contribution in [-0.2, 0) is 6.54 Å². The minimum atomic E-state index is -0.317. The third-order valence-electron chi connectivity index (χ3n) is 5.11. The van der Waals surface area contributed by atoms with Crippen LogP contribution in [0.25, 0.3) is 0 Å². The highest BCUT2D eigenvalue weighted by atomic mass is 16.5. The molecule has 152 valence electrons. The van der Waals surface area contributed by atoms with Crippen molar-refractivity contribution < 1.29 is 14.3 Å². The third kappa shape index (κ3) is 4.96. The van der Waals surface area contributed by atoms with Crippen molar-refractivity contribution >= 4 is 23.4 Å². The molecule has 1 aromatic heterocycles. The maximum absolute atomic E-state index is 12.3. The van der Waals surface area contributed by atoms with E-state index in [9.17, 15) is 9.59 Å². The number of anilines is 2. The zero-order chi connectivity index (χ0) is 20.1. The molecular weight excluding hydrogens is 370 g/mol. The summed E-state index contributed by atoms with van der Waals surface area (Å²) < 4.78 is 5.91. The quantitative estimate of drug-likeness (QED) is 0.700. The summed E-state index contributed by atoms with van der Waals surface area (Å²) in [5.74, 6) is 0.605. The van der Waals surface area contributed by atoms with Crippen LogP contribution in [0.5, 0.6) is 5.88 Å². The Kier molecular flexibility index (Phi) is 5.79. The van der Waals surface area contributed by atoms with Gasteiger partial charge in [0.25, 0.3) is 0 Å². The smallest absolute Gasteiger partial charge is 0.321 e. The number of ether oxygens (including phenoxy) is 1. The van der Waals surface area contributed by atoms with E-state index in [2.05, 4.69) is 20.9 Å². The molecule has 3 N–H and O–H groups in total. The fraction of sp³-hybridized carbons (Fsp3) is 0.381. The Balaban J connectivity index is 1.30. The second-order valence-corrected chi connectivity index (χ2v) is 7.27. The van der Waals surface area contributed by atoms with E-state index in [1.54, 1.807) is 23.2 Å². The van der Waals surface area contributed by atoms with E-state index >= 15 is 0 Å². The number of hydrogen-bond donors (Lipinski definition) is 3. The summed E-state index contributed by atoms with van der Waals surface area (Å²) >= 11 is 0. The Bertz CT molecular complexity index is 882. The van der Waals surface area contributed by atoms with E-state index in [0.29, 0.717) is 31.2 Å². The van der Waals surface area contributed by atoms with Crippen LogP contribution in [0.15, 0.2) is 42.6 Å². The van der Waals surface area contributed by atoms with Gasteiger partial charge in [-0.2, -0.15) is 0 Å². The van der Waals surface area contributed by atoms with Gasteiger partial charge in [0, 0.05) is 43.3 Å². The average Bonchev–Trinajstić information content (AvgIpc) is 3.38. The van der Waals surface area contributed by atoms with Crippen LogP contribution in [0.1, 0.15) is 31.2 Å². The molecule has 1 saturated carbocycles. The summed E-state index contributed by atoms with van der Waals surface area (Å²) in [6.07, 6.45) is 6.50. The molecule has 29 heavy (non-hydrogen) atoms. The first kappa shape index (κ1) is 19.0. The fourth-order valence-corrected chi connectivity index (χ4v) is 3.63. The number of urea groups is 2. The predicted octanol–water partition coefficient (Wildman–Crippen LogP) is 3.25. The van der Waals surface area contributed by atoms with Crippen LogP contribution < -0.4 is 25.6 Å². The van der Waals surface area contributed by atoms with Crippen molar-refractivity contribution in [3.8, 4) is 5.88 Å². The Morgan fingerprint density at radius 1 is 1.24 bits per heavy atom. The molecule has 1 saturated heterocycles. The second kappa shape index (κ2) is 8.81. The number of pyridine rings is 1. The number of benzene rings is 1. The number of nitrogens with zero attached hydrogens (tertiary/aromatic N) is 2. The van der Waals surface area contributed by atoms with Crippen LogP contribution in [0, 0.1) is 0 Å². The van der Waals surface area contributed by atoms with E-state index in [4.69, 9.17) is 4.74 Å². The second-order valence-electron chi connectivity index (χ2n) is 7.27. The monoisotopic (exact) mass is 395 g/mol. The van der Waals surface area contributed by atoms with E-state index < -0.39 is 0 Å². The Labute approximate surface area is 169 Å². The van der Waals surface area contributed by atoms with Gasteiger partial charge in [-0.3, -0.25) is 4.90 Å². The van der Waals surface area contributed by atoms with Crippen LogP contribution in [0.3, 0.4) is 0 Å². The normalized spacial score (nSPS) is 16.6. The molecule has 1 aliphatic heterocycles. The Morgan fingerprint density at radius 2 is 2.10 bits per heavy atom. The Hall–Kier alpha value is -3.29. The molecule has 4 amide bonds. The van der Waals surface area contributed by atoms with Crippen LogP contribution >= 0.6 is 0 Å². The molecule has 2 aliphatic rings. The third-order valence-corrected chi connectivity index (χ3v) is 5.11. The van der Waals surface area contributed by atoms with Gasteiger partial charge in [-0.05, 0) is 55.5 Å². The fourth-order valence-electron chi connectivity index (χ4n) is 3.63. The van der Waals surface area contributed by atoms with Gasteiger partial charge in [-0.1, -0.05) is 6.07 Å². The lowest BCUT2D eigenvalue weighted by Crippen LogP contribution is -2.29. The first-order valence-electron chi connectivity index (χ1n) is 9.99. The molecule has 8 nitrogen and oxygen atoms in total. The summed E-state index contributed by atoms with van der Waals surface area (Å²) in [7, 11) is 0. The molecule has 0 atom stereocenters. The molecule has 2 heterocycles. The molecule has 1 aromatic carbocycles. The summed E-state index contributed by atoms with van der Waals surface area (Å²) in [5, 5.41) is 8.41. The van der Waals surface area contributed by atoms with Gasteiger partial charge in [0.05, 0.1) is 0 Å². The van der Waals surface area contributed by atoms with Crippen molar-refractivity contribution in [3.63, 3.8) is 0 Å². The average molecular weight is 395 g/mol. The van der Waals surface area contributed by atoms with Crippen molar-refractivity contribution in [2.45, 2.75) is 38.3 Å². The Morgan fingerprint density at radius 3 is 2.90 bits per heavy atom. The highest BCUT2D eigenvalue weighted by Crippen LogP contribution is 2.23. The highest BCUT2D eigenvalue weighted by molar-refractivity contribution is 5.95. The van der Waals surface area contributed by atoms with Gasteiger partial charge in [-0.15, -0.1) is 0 Å². The van der Waals surface area contributed by atoms with Crippen molar-refractivity contribution in [1.29, 1.82) is 0 Å². The van der Waals surface area contributed by atoms with Gasteiger partial charge >= 0.3 is 12.1 Å². The number of amides is 4. The van der Waals surface area contributed by atoms with Gasteiger partial charge in [0.2, 0.25) is 5.88 Å². The molecule has 4 rings (SSSR count). The van der Waals surface area contributed by atoms with Crippen LogP contribution in [0.2, 0.25) is 0 Å². The number of hydrogen-bond acceptors (Lipinski definition) is 4. The van der Waals surface area contributed by atoms with Crippen LogP contribution in [-0.4, -0.2) is 36.2 Å². The minimum Gasteiger partial charge on any atom is -0.474 e. The van der Waals surface area contributed by atoms with E-state index in [1.807, 2.05) is 24.3 Å². The minimum absolute atomic E-state index is 0.125. The molecule has 0 bridgehead atoms. The van der Waals surface area contributed by atoms with Gasteiger partial charge in [-0.25, -0.2) is 14.6 Å². The molecule has 2 aromatic rings. The summed E-state index contributed by atoms with van der Waals surface area (Å²) in [5.41, 5.74) is 2.30. The molecule has 0 unspecified atom stereocenters. The van der Waals surface area contributed by atoms with Crippen molar-refractivity contribution in [2.24, 2.45) is 0 Å². The number of rotatable bonds is 6. The number of nitrogens with one attached hydrogen (secondary N) is 3. The van der Waals surface area contributed by atoms with Gasteiger partial charge in [0.15, 0.2) is 0 Å². The van der Waals surface area contributed by atoms with Gasteiger partial charge < -0.3 is 20.7 Å². The standard InChI is InChI=1S/C21H25N5O3/c27-20(25-16-4-3-5-17(13-16)26-11-10-23-21(26)28)24-14-15-8-9-22-19(12-15)29-18-6-1-2-7-18/h3-5,8-9,12-13,18H,1-2,6-7,10-11,14H2,(H,23,28)(H2,24,25,27). The van der Waals surface area contributed by atoms with Crippen molar-refractivity contribution in [3.05, 3.63) is 48.2 Å². The lowest BCUT2D eigenvalue weighted by Gasteiger charge is -2.16. The first-order chi connectivity index (χ1) is 14.2. The number of carbonyl (C=O) groups excluding carboxylic acids is 2. The zero-order valence-corrected chi connectivity index (χ0v) is 16.2. The van der Waals surface area contributed by atoms with Crippen LogP contribution in [0.4, 0.5) is 21.0 Å². The van der Waals surface area contributed by atoms with E-state index in [0.717, 1.165) is 24.1 Å². The maximum atomic E-state index is 12.3. The summed E-state index contributed by atoms with van der Waals surface area (Å²) in [4.78, 5) is 30.0.